The maximum atomic E-state index is 12.6. The summed E-state index contributed by atoms with van der Waals surface area (Å²) in [5.74, 6) is 1.98. The van der Waals surface area contributed by atoms with Gasteiger partial charge in [0.1, 0.15) is 5.75 Å². The van der Waals surface area contributed by atoms with Gasteiger partial charge in [-0.05, 0) is 48.5 Å². The Morgan fingerprint density at radius 2 is 1.76 bits per heavy atom. The lowest BCUT2D eigenvalue weighted by atomic mass is 10.2. The summed E-state index contributed by atoms with van der Waals surface area (Å²) in [7, 11) is 1.63. The molecule has 2 aromatic carbocycles. The summed E-state index contributed by atoms with van der Waals surface area (Å²) in [6.07, 6.45) is 0. The van der Waals surface area contributed by atoms with Crippen LogP contribution in [0.15, 0.2) is 57.5 Å². The number of hydrogen-bond acceptors (Lipinski definition) is 6. The summed E-state index contributed by atoms with van der Waals surface area (Å²) >= 11 is 3.40. The third-order valence-corrected chi connectivity index (χ3v) is 5.45. The number of rotatable bonds is 5. The van der Waals surface area contributed by atoms with Crippen molar-refractivity contribution in [3.8, 4) is 17.2 Å². The summed E-state index contributed by atoms with van der Waals surface area (Å²) in [4.78, 5) is 21.2. The molecule has 8 heteroatoms. The second-order valence-corrected chi connectivity index (χ2v) is 7.74. The highest BCUT2D eigenvalue weighted by atomic mass is 79.9. The number of halogens is 1. The third-order valence-electron chi connectivity index (χ3n) is 4.92. The predicted molar refractivity (Wildman–Crippen MR) is 112 cm³/mol. The molecule has 29 heavy (non-hydrogen) atoms. The van der Waals surface area contributed by atoms with E-state index in [4.69, 9.17) is 9.26 Å². The lowest BCUT2D eigenvalue weighted by molar-refractivity contribution is 0.0624. The highest BCUT2D eigenvalue weighted by Crippen LogP contribution is 2.21. The van der Waals surface area contributed by atoms with Crippen LogP contribution in [-0.4, -0.2) is 59.1 Å². The van der Waals surface area contributed by atoms with Gasteiger partial charge in [0, 0.05) is 41.8 Å². The van der Waals surface area contributed by atoms with Crippen molar-refractivity contribution < 1.29 is 14.1 Å². The molecule has 1 aliphatic heterocycles. The van der Waals surface area contributed by atoms with Crippen LogP contribution in [0.3, 0.4) is 0 Å². The van der Waals surface area contributed by atoms with E-state index in [1.165, 1.54) is 0 Å². The Labute approximate surface area is 177 Å². The van der Waals surface area contributed by atoms with Crippen LogP contribution in [0.25, 0.3) is 11.5 Å². The molecule has 4 rings (SSSR count). The Hall–Kier alpha value is -2.71. The van der Waals surface area contributed by atoms with Crippen LogP contribution >= 0.6 is 15.9 Å². The first-order chi connectivity index (χ1) is 14.1. The summed E-state index contributed by atoms with van der Waals surface area (Å²) in [5.41, 5.74) is 1.57. The Kier molecular flexibility index (Phi) is 5.92. The van der Waals surface area contributed by atoms with Crippen molar-refractivity contribution in [3.05, 3.63) is 64.4 Å². The Morgan fingerprint density at radius 1 is 1.07 bits per heavy atom. The van der Waals surface area contributed by atoms with Gasteiger partial charge >= 0.3 is 0 Å². The molecule has 1 amide bonds. The van der Waals surface area contributed by atoms with E-state index in [9.17, 15) is 4.79 Å². The highest BCUT2D eigenvalue weighted by Gasteiger charge is 2.23. The molecule has 1 fully saturated rings. The smallest absolute Gasteiger partial charge is 0.257 e. The fourth-order valence-corrected chi connectivity index (χ4v) is 3.52. The van der Waals surface area contributed by atoms with Gasteiger partial charge in [-0.1, -0.05) is 21.1 Å². The molecule has 7 nitrogen and oxygen atoms in total. The van der Waals surface area contributed by atoms with Crippen LogP contribution in [0.1, 0.15) is 16.2 Å². The minimum Gasteiger partial charge on any atom is -0.497 e. The second-order valence-electron chi connectivity index (χ2n) is 6.82. The van der Waals surface area contributed by atoms with Crippen LogP contribution in [-0.2, 0) is 6.54 Å². The average molecular weight is 457 g/mol. The van der Waals surface area contributed by atoms with Crippen LogP contribution in [0.4, 0.5) is 0 Å². The lowest BCUT2D eigenvalue weighted by Crippen LogP contribution is -2.48. The minimum atomic E-state index is 0.0681. The Bertz CT molecular complexity index is 964. The van der Waals surface area contributed by atoms with Crippen LogP contribution in [0.2, 0.25) is 0 Å². The molecule has 0 N–H and O–H groups in total. The van der Waals surface area contributed by atoms with E-state index in [2.05, 4.69) is 31.0 Å². The van der Waals surface area contributed by atoms with E-state index in [1.807, 2.05) is 53.4 Å². The zero-order valence-electron chi connectivity index (χ0n) is 16.0. The van der Waals surface area contributed by atoms with Gasteiger partial charge < -0.3 is 14.2 Å². The number of benzene rings is 2. The first kappa shape index (κ1) is 19.6. The maximum Gasteiger partial charge on any atom is 0.257 e. The minimum absolute atomic E-state index is 0.0681. The average Bonchev–Trinajstić information content (AvgIpc) is 3.23. The van der Waals surface area contributed by atoms with Crippen LogP contribution < -0.4 is 4.74 Å². The molecule has 0 atom stereocenters. The number of piperazine rings is 1. The molecular formula is C21H21BrN4O3. The number of amides is 1. The molecule has 0 radical (unpaired) electrons. The Balaban J connectivity index is 1.32. The number of ether oxygens (including phenoxy) is 1. The van der Waals surface area contributed by atoms with Crippen molar-refractivity contribution in [1.82, 2.24) is 19.9 Å². The zero-order chi connectivity index (χ0) is 20.2. The second kappa shape index (κ2) is 8.75. The molecule has 0 aliphatic carbocycles. The molecule has 0 spiro atoms. The monoisotopic (exact) mass is 456 g/mol. The van der Waals surface area contributed by atoms with Crippen molar-refractivity contribution in [2.45, 2.75) is 6.54 Å². The third kappa shape index (κ3) is 4.65. The zero-order valence-corrected chi connectivity index (χ0v) is 17.6. The molecule has 0 bridgehead atoms. The van der Waals surface area contributed by atoms with Gasteiger partial charge in [0.2, 0.25) is 0 Å². The molecule has 1 saturated heterocycles. The van der Waals surface area contributed by atoms with E-state index in [-0.39, 0.29) is 5.91 Å². The number of methoxy groups -OCH3 is 1. The molecule has 0 saturated carbocycles. The number of aromatic nitrogens is 2. The SMILES string of the molecule is COc1ccc(-c2nc(CN3CCN(C(=O)c4ccc(Br)cc4)CC3)no2)cc1. The molecule has 3 aromatic rings. The number of nitrogens with zero attached hydrogens (tertiary/aromatic N) is 4. The van der Waals surface area contributed by atoms with Gasteiger partial charge in [-0.25, -0.2) is 0 Å². The predicted octanol–water partition coefficient (Wildman–Crippen LogP) is 3.47. The maximum absolute atomic E-state index is 12.6. The van der Waals surface area contributed by atoms with E-state index in [0.717, 1.165) is 28.9 Å². The molecule has 1 aliphatic rings. The highest BCUT2D eigenvalue weighted by molar-refractivity contribution is 9.10. The van der Waals surface area contributed by atoms with Gasteiger partial charge in [0.05, 0.1) is 13.7 Å². The van der Waals surface area contributed by atoms with E-state index in [0.29, 0.717) is 36.9 Å². The van der Waals surface area contributed by atoms with Crippen molar-refractivity contribution in [2.24, 2.45) is 0 Å². The van der Waals surface area contributed by atoms with Gasteiger partial charge in [0.25, 0.3) is 11.8 Å². The van der Waals surface area contributed by atoms with Crippen LogP contribution in [0.5, 0.6) is 5.75 Å². The van der Waals surface area contributed by atoms with Gasteiger partial charge in [0.15, 0.2) is 5.82 Å². The quantitative estimate of drug-likeness (QED) is 0.585. The Morgan fingerprint density at radius 3 is 2.41 bits per heavy atom. The van der Waals surface area contributed by atoms with Gasteiger partial charge in [-0.2, -0.15) is 4.98 Å². The fraction of sp³-hybridized carbons (Fsp3) is 0.286. The normalized spacial score (nSPS) is 14.8. The molecular weight excluding hydrogens is 436 g/mol. The molecule has 1 aromatic heterocycles. The van der Waals surface area contributed by atoms with Crippen molar-refractivity contribution >= 4 is 21.8 Å². The summed E-state index contributed by atoms with van der Waals surface area (Å²) in [5, 5.41) is 4.10. The number of carbonyl (C=O) groups excluding carboxylic acids is 1. The van der Waals surface area contributed by atoms with Gasteiger partial charge in [-0.3, -0.25) is 9.69 Å². The molecule has 150 valence electrons. The van der Waals surface area contributed by atoms with Crippen molar-refractivity contribution in [3.63, 3.8) is 0 Å². The first-order valence-corrected chi connectivity index (χ1v) is 10.2. The summed E-state index contributed by atoms with van der Waals surface area (Å²) < 4.78 is 11.5. The van der Waals surface area contributed by atoms with E-state index < -0.39 is 0 Å². The molecule has 2 heterocycles. The van der Waals surface area contributed by atoms with Crippen molar-refractivity contribution in [2.75, 3.05) is 33.3 Å². The van der Waals surface area contributed by atoms with Crippen LogP contribution in [0, 0.1) is 0 Å². The summed E-state index contributed by atoms with van der Waals surface area (Å²) in [6.45, 7) is 3.50. The van der Waals surface area contributed by atoms with E-state index in [1.54, 1.807) is 7.11 Å². The van der Waals surface area contributed by atoms with E-state index >= 15 is 0 Å². The standard InChI is InChI=1S/C21H21BrN4O3/c1-28-18-8-4-15(5-9-18)20-23-19(24-29-20)14-25-10-12-26(13-11-25)21(27)16-2-6-17(22)7-3-16/h2-9H,10-14H2,1H3. The summed E-state index contributed by atoms with van der Waals surface area (Å²) in [6, 6.07) is 15.0. The van der Waals surface area contributed by atoms with Crippen molar-refractivity contribution in [1.29, 1.82) is 0 Å². The largest absolute Gasteiger partial charge is 0.497 e. The lowest BCUT2D eigenvalue weighted by Gasteiger charge is -2.34. The van der Waals surface area contributed by atoms with Gasteiger partial charge in [-0.15, -0.1) is 0 Å². The molecule has 0 unspecified atom stereocenters. The number of carbonyl (C=O) groups is 1. The fourth-order valence-electron chi connectivity index (χ4n) is 3.25. The number of hydrogen-bond donors (Lipinski definition) is 0. The topological polar surface area (TPSA) is 71.7 Å². The first-order valence-electron chi connectivity index (χ1n) is 9.36.